The van der Waals surface area contributed by atoms with Crippen molar-refractivity contribution >= 4 is 6.41 Å². The van der Waals surface area contributed by atoms with E-state index < -0.39 is 37.3 Å². The molecule has 100 valence electrons. The fourth-order valence-corrected chi connectivity index (χ4v) is 1.50. The molecule has 1 rings (SSSR count). The largest absolute Gasteiger partial charge is 0.394 e. The first-order chi connectivity index (χ1) is 8.11. The molecule has 0 radical (unpaired) electrons. The number of hydrogen-bond acceptors (Lipinski definition) is 7. The standard InChI is InChI=1S/C9H17NO7/c11-3-5-6(13)7(14)8(15)9(17-5)16-2-1-10-4-12/h4-9,11,13-15H,1-3H2,(H,10,12)/t5?,6-,7?,8?,9+/m1/s1. The molecule has 17 heavy (non-hydrogen) atoms. The monoisotopic (exact) mass is 251 g/mol. The van der Waals surface area contributed by atoms with Crippen LogP contribution in [0.5, 0.6) is 0 Å². The Kier molecular flexibility index (Phi) is 5.75. The van der Waals surface area contributed by atoms with Gasteiger partial charge in [-0.2, -0.15) is 0 Å². The molecular weight excluding hydrogens is 234 g/mol. The molecule has 0 aromatic heterocycles. The van der Waals surface area contributed by atoms with Gasteiger partial charge in [-0.25, -0.2) is 0 Å². The minimum atomic E-state index is -1.45. The fourth-order valence-electron chi connectivity index (χ4n) is 1.50. The second-order valence-corrected chi connectivity index (χ2v) is 3.64. The van der Waals surface area contributed by atoms with E-state index in [-0.39, 0.29) is 13.2 Å². The van der Waals surface area contributed by atoms with Gasteiger partial charge in [0.15, 0.2) is 6.29 Å². The van der Waals surface area contributed by atoms with Crippen molar-refractivity contribution in [3.63, 3.8) is 0 Å². The van der Waals surface area contributed by atoms with E-state index in [4.69, 9.17) is 14.6 Å². The molecule has 0 aromatic rings. The lowest BCUT2D eigenvalue weighted by molar-refractivity contribution is -0.300. The molecule has 1 fully saturated rings. The Hall–Kier alpha value is -0.770. The summed E-state index contributed by atoms with van der Waals surface area (Å²) in [6.45, 7) is -0.211. The van der Waals surface area contributed by atoms with E-state index in [1.165, 1.54) is 0 Å². The van der Waals surface area contributed by atoms with Gasteiger partial charge in [0.05, 0.1) is 13.2 Å². The summed E-state index contributed by atoms with van der Waals surface area (Å²) in [6.07, 6.45) is -5.91. The lowest BCUT2D eigenvalue weighted by Gasteiger charge is -2.39. The van der Waals surface area contributed by atoms with E-state index in [1.54, 1.807) is 0 Å². The molecule has 0 saturated carbocycles. The van der Waals surface area contributed by atoms with Gasteiger partial charge in [0.2, 0.25) is 6.41 Å². The molecule has 1 saturated heterocycles. The van der Waals surface area contributed by atoms with Gasteiger partial charge < -0.3 is 35.2 Å². The third kappa shape index (κ3) is 3.60. The van der Waals surface area contributed by atoms with Gasteiger partial charge >= 0.3 is 0 Å². The summed E-state index contributed by atoms with van der Waals surface area (Å²) < 4.78 is 10.1. The van der Waals surface area contributed by atoms with Crippen LogP contribution in [0.2, 0.25) is 0 Å². The van der Waals surface area contributed by atoms with Crippen molar-refractivity contribution in [1.29, 1.82) is 0 Å². The number of carbonyl (C=O) groups excluding carboxylic acids is 1. The molecule has 0 bridgehead atoms. The third-order valence-corrected chi connectivity index (χ3v) is 2.46. The van der Waals surface area contributed by atoms with Crippen molar-refractivity contribution in [3.05, 3.63) is 0 Å². The molecule has 1 aliphatic heterocycles. The molecule has 0 aromatic carbocycles. The Morgan fingerprint density at radius 1 is 1.24 bits per heavy atom. The molecule has 5 N–H and O–H groups in total. The van der Waals surface area contributed by atoms with E-state index in [9.17, 15) is 20.1 Å². The number of ether oxygens (including phenoxy) is 2. The molecular formula is C9H17NO7. The lowest BCUT2D eigenvalue weighted by atomic mass is 9.99. The van der Waals surface area contributed by atoms with Crippen molar-refractivity contribution in [2.75, 3.05) is 19.8 Å². The summed E-state index contributed by atoms with van der Waals surface area (Å²) in [5.41, 5.74) is 0. The zero-order valence-electron chi connectivity index (χ0n) is 9.10. The molecule has 8 heteroatoms. The van der Waals surface area contributed by atoms with Crippen LogP contribution in [0, 0.1) is 0 Å². The van der Waals surface area contributed by atoms with Crippen LogP contribution >= 0.6 is 0 Å². The van der Waals surface area contributed by atoms with Crippen LogP contribution in [0.4, 0.5) is 0 Å². The highest BCUT2D eigenvalue weighted by molar-refractivity contribution is 5.45. The molecule has 1 amide bonds. The Morgan fingerprint density at radius 3 is 2.53 bits per heavy atom. The van der Waals surface area contributed by atoms with E-state index in [0.717, 1.165) is 0 Å². The molecule has 5 atom stereocenters. The predicted molar refractivity (Wildman–Crippen MR) is 53.8 cm³/mol. The van der Waals surface area contributed by atoms with Gasteiger partial charge in [-0.15, -0.1) is 0 Å². The minimum absolute atomic E-state index is 0.0709. The number of aliphatic hydroxyl groups excluding tert-OH is 4. The normalized spacial score (nSPS) is 37.8. The van der Waals surface area contributed by atoms with Crippen LogP contribution in [0.25, 0.3) is 0 Å². The Balaban J connectivity index is 2.44. The second kappa shape index (κ2) is 6.84. The first-order valence-corrected chi connectivity index (χ1v) is 5.21. The minimum Gasteiger partial charge on any atom is -0.394 e. The third-order valence-electron chi connectivity index (χ3n) is 2.46. The lowest BCUT2D eigenvalue weighted by Crippen LogP contribution is -2.59. The highest BCUT2D eigenvalue weighted by Crippen LogP contribution is 2.21. The topological polar surface area (TPSA) is 128 Å². The Bertz CT molecular complexity index is 237. The molecule has 3 unspecified atom stereocenters. The molecule has 0 spiro atoms. The first-order valence-electron chi connectivity index (χ1n) is 5.21. The number of nitrogens with one attached hydrogen (secondary N) is 1. The molecule has 1 heterocycles. The van der Waals surface area contributed by atoms with E-state index >= 15 is 0 Å². The van der Waals surface area contributed by atoms with Gasteiger partial charge in [-0.05, 0) is 0 Å². The number of amides is 1. The maximum atomic E-state index is 9.96. The average Bonchev–Trinajstić information content (AvgIpc) is 2.34. The van der Waals surface area contributed by atoms with Gasteiger partial charge in [0.25, 0.3) is 0 Å². The van der Waals surface area contributed by atoms with Crippen molar-refractivity contribution in [1.82, 2.24) is 5.32 Å². The smallest absolute Gasteiger partial charge is 0.207 e. The van der Waals surface area contributed by atoms with Crippen molar-refractivity contribution in [2.24, 2.45) is 0 Å². The number of hydrogen-bond donors (Lipinski definition) is 5. The van der Waals surface area contributed by atoms with E-state index in [2.05, 4.69) is 5.32 Å². The second-order valence-electron chi connectivity index (χ2n) is 3.64. The predicted octanol–water partition coefficient (Wildman–Crippen LogP) is -3.45. The van der Waals surface area contributed by atoms with Gasteiger partial charge in [0.1, 0.15) is 24.4 Å². The average molecular weight is 251 g/mol. The maximum Gasteiger partial charge on any atom is 0.207 e. The van der Waals surface area contributed by atoms with Crippen molar-refractivity contribution in [3.8, 4) is 0 Å². The SMILES string of the molecule is O=CNCCO[C@H]1OC(CO)[C@@H](O)C(O)C1O. The molecule has 1 aliphatic rings. The van der Waals surface area contributed by atoms with Crippen LogP contribution in [0.15, 0.2) is 0 Å². The zero-order valence-corrected chi connectivity index (χ0v) is 9.10. The Labute approximate surface area is 97.8 Å². The zero-order chi connectivity index (χ0) is 12.8. The van der Waals surface area contributed by atoms with Crippen LogP contribution in [-0.2, 0) is 14.3 Å². The van der Waals surface area contributed by atoms with E-state index in [0.29, 0.717) is 6.41 Å². The van der Waals surface area contributed by atoms with Crippen molar-refractivity contribution < 1.29 is 34.7 Å². The molecule has 0 aliphatic carbocycles. The van der Waals surface area contributed by atoms with Crippen LogP contribution in [-0.4, -0.2) is 77.3 Å². The number of carbonyl (C=O) groups is 1. The summed E-state index contributed by atoms with van der Waals surface area (Å²) >= 11 is 0. The summed E-state index contributed by atoms with van der Waals surface area (Å²) in [5.74, 6) is 0. The quantitative estimate of drug-likeness (QED) is 0.245. The van der Waals surface area contributed by atoms with Gasteiger partial charge in [-0.3, -0.25) is 4.79 Å². The first kappa shape index (κ1) is 14.3. The summed E-state index contributed by atoms with van der Waals surface area (Å²) in [6, 6.07) is 0. The van der Waals surface area contributed by atoms with Crippen molar-refractivity contribution in [2.45, 2.75) is 30.7 Å². The van der Waals surface area contributed by atoms with Crippen LogP contribution < -0.4 is 5.32 Å². The van der Waals surface area contributed by atoms with Crippen LogP contribution in [0.3, 0.4) is 0 Å². The van der Waals surface area contributed by atoms with Gasteiger partial charge in [0, 0.05) is 6.54 Å². The van der Waals surface area contributed by atoms with Crippen LogP contribution in [0.1, 0.15) is 0 Å². The van der Waals surface area contributed by atoms with E-state index in [1.807, 2.05) is 0 Å². The summed E-state index contributed by atoms with van der Waals surface area (Å²) in [7, 11) is 0. The molecule has 8 nitrogen and oxygen atoms in total. The van der Waals surface area contributed by atoms with Gasteiger partial charge in [-0.1, -0.05) is 0 Å². The number of rotatable bonds is 6. The summed E-state index contributed by atoms with van der Waals surface area (Å²) in [5, 5.41) is 39.7. The summed E-state index contributed by atoms with van der Waals surface area (Å²) in [4.78, 5) is 9.96. The maximum absolute atomic E-state index is 9.96. The highest BCUT2D eigenvalue weighted by Gasteiger charge is 2.43. The fraction of sp³-hybridized carbons (Fsp3) is 0.889. The Morgan fingerprint density at radius 2 is 1.94 bits per heavy atom. The highest BCUT2D eigenvalue weighted by atomic mass is 16.7. The number of aliphatic hydroxyl groups is 4.